The number of rotatable bonds is 7. The summed E-state index contributed by atoms with van der Waals surface area (Å²) >= 11 is 1.48. The summed E-state index contributed by atoms with van der Waals surface area (Å²) in [5.41, 5.74) is 1.91. The van der Waals surface area contributed by atoms with Crippen molar-refractivity contribution in [1.29, 1.82) is 0 Å². The van der Waals surface area contributed by atoms with Crippen LogP contribution in [0.15, 0.2) is 11.1 Å². The molecule has 4 nitrogen and oxygen atoms in total. The first kappa shape index (κ1) is 15.0. The molecular formula is C13H19NO3S. The number of nitrogens with zero attached hydrogens (tertiary/aromatic N) is 1. The lowest BCUT2D eigenvalue weighted by atomic mass is 10.1. The number of aromatic carboxylic acids is 1. The molecule has 1 rings (SSSR count). The van der Waals surface area contributed by atoms with E-state index in [0.29, 0.717) is 10.6 Å². The van der Waals surface area contributed by atoms with Crippen LogP contribution in [0.2, 0.25) is 0 Å². The van der Waals surface area contributed by atoms with Crippen LogP contribution in [0.1, 0.15) is 40.9 Å². The van der Waals surface area contributed by atoms with Crippen LogP contribution in [0.4, 0.5) is 0 Å². The lowest BCUT2D eigenvalue weighted by molar-refractivity contribution is 0.0691. The van der Waals surface area contributed by atoms with Gasteiger partial charge in [-0.05, 0) is 44.1 Å². The summed E-state index contributed by atoms with van der Waals surface area (Å²) in [4.78, 5) is 15.5. The number of unbranched alkanes of at least 4 members (excludes halogenated alkanes) is 2. The minimum atomic E-state index is -0.919. The first-order valence-corrected chi connectivity index (χ1v) is 7.00. The van der Waals surface area contributed by atoms with E-state index in [9.17, 15) is 9.90 Å². The van der Waals surface area contributed by atoms with Crippen molar-refractivity contribution in [3.63, 3.8) is 0 Å². The van der Waals surface area contributed by atoms with Crippen LogP contribution in [-0.4, -0.2) is 33.5 Å². The van der Waals surface area contributed by atoms with E-state index < -0.39 is 5.97 Å². The van der Waals surface area contributed by atoms with Crippen molar-refractivity contribution in [2.75, 3.05) is 12.4 Å². The summed E-state index contributed by atoms with van der Waals surface area (Å²) in [5, 5.41) is 18.5. The molecule has 5 heteroatoms. The fourth-order valence-corrected chi connectivity index (χ4v) is 2.87. The molecule has 0 spiro atoms. The Bertz CT molecular complexity index is 421. The summed E-state index contributed by atoms with van der Waals surface area (Å²) in [6.45, 7) is 3.88. The zero-order valence-corrected chi connectivity index (χ0v) is 11.6. The Morgan fingerprint density at radius 1 is 1.33 bits per heavy atom. The molecule has 100 valence electrons. The van der Waals surface area contributed by atoms with Crippen molar-refractivity contribution in [2.24, 2.45) is 0 Å². The molecular weight excluding hydrogens is 250 g/mol. The smallest absolute Gasteiger partial charge is 0.338 e. The average molecular weight is 269 g/mol. The Balaban J connectivity index is 2.71. The number of carbonyl (C=O) groups is 1. The Morgan fingerprint density at radius 3 is 2.67 bits per heavy atom. The molecule has 0 unspecified atom stereocenters. The summed E-state index contributed by atoms with van der Waals surface area (Å²) < 4.78 is 0. The van der Waals surface area contributed by atoms with Gasteiger partial charge < -0.3 is 10.2 Å². The van der Waals surface area contributed by atoms with Crippen molar-refractivity contribution in [2.45, 2.75) is 38.1 Å². The molecule has 0 aliphatic heterocycles. The second kappa shape index (κ2) is 7.38. The van der Waals surface area contributed by atoms with E-state index in [2.05, 4.69) is 4.98 Å². The summed E-state index contributed by atoms with van der Waals surface area (Å²) in [6, 6.07) is 1.79. The average Bonchev–Trinajstić information content (AvgIpc) is 2.27. The van der Waals surface area contributed by atoms with E-state index in [1.54, 1.807) is 13.0 Å². The van der Waals surface area contributed by atoms with E-state index >= 15 is 0 Å². The molecule has 0 radical (unpaired) electrons. The predicted octanol–water partition coefficient (Wildman–Crippen LogP) is 2.65. The van der Waals surface area contributed by atoms with Crippen LogP contribution in [0.3, 0.4) is 0 Å². The monoisotopic (exact) mass is 269 g/mol. The molecule has 0 amide bonds. The van der Waals surface area contributed by atoms with Crippen molar-refractivity contribution in [1.82, 2.24) is 4.98 Å². The van der Waals surface area contributed by atoms with Gasteiger partial charge >= 0.3 is 5.97 Å². The number of carboxylic acids is 1. The molecule has 1 heterocycles. The number of carboxylic acid groups (broad SMARTS) is 1. The van der Waals surface area contributed by atoms with E-state index in [0.717, 1.165) is 36.3 Å². The Morgan fingerprint density at radius 2 is 2.06 bits per heavy atom. The topological polar surface area (TPSA) is 70.4 Å². The number of thioether (sulfide) groups is 1. The third kappa shape index (κ3) is 4.31. The highest BCUT2D eigenvalue weighted by molar-refractivity contribution is 7.99. The number of hydrogen-bond donors (Lipinski definition) is 2. The standard InChI is InChI=1S/C13H19NO3S/c1-9-8-10(2)14-12(11(9)13(16)17)18-7-5-3-4-6-15/h8,15H,3-7H2,1-2H3,(H,16,17). The van der Waals surface area contributed by atoms with Gasteiger partial charge in [0, 0.05) is 12.3 Å². The molecule has 0 aromatic carbocycles. The predicted molar refractivity (Wildman–Crippen MR) is 72.3 cm³/mol. The Kier molecular flexibility index (Phi) is 6.15. The van der Waals surface area contributed by atoms with Gasteiger partial charge in [-0.2, -0.15) is 0 Å². The van der Waals surface area contributed by atoms with Crippen molar-refractivity contribution >= 4 is 17.7 Å². The van der Waals surface area contributed by atoms with Gasteiger partial charge in [-0.3, -0.25) is 0 Å². The van der Waals surface area contributed by atoms with Gasteiger partial charge in [0.2, 0.25) is 0 Å². The van der Waals surface area contributed by atoms with Crippen LogP contribution in [0.25, 0.3) is 0 Å². The number of aliphatic hydroxyl groups excluding tert-OH is 1. The summed E-state index contributed by atoms with van der Waals surface area (Å²) in [5.74, 6) is -0.0891. The largest absolute Gasteiger partial charge is 0.478 e. The Hall–Kier alpha value is -1.07. The van der Waals surface area contributed by atoms with Crippen LogP contribution >= 0.6 is 11.8 Å². The maximum atomic E-state index is 11.2. The number of aliphatic hydroxyl groups is 1. The van der Waals surface area contributed by atoms with Crippen molar-refractivity contribution in [3.8, 4) is 0 Å². The first-order valence-electron chi connectivity index (χ1n) is 6.01. The lowest BCUT2D eigenvalue weighted by Gasteiger charge is -2.09. The Labute approximate surface area is 111 Å². The second-order valence-electron chi connectivity index (χ2n) is 4.20. The van der Waals surface area contributed by atoms with Crippen LogP contribution < -0.4 is 0 Å². The van der Waals surface area contributed by atoms with Gasteiger partial charge in [0.1, 0.15) is 5.03 Å². The number of aryl methyl sites for hydroxylation is 2. The molecule has 18 heavy (non-hydrogen) atoms. The zero-order chi connectivity index (χ0) is 13.5. The van der Waals surface area contributed by atoms with Gasteiger partial charge in [0.05, 0.1) is 5.56 Å². The SMILES string of the molecule is Cc1cc(C)c(C(=O)O)c(SCCCCCO)n1. The van der Waals surface area contributed by atoms with Gasteiger partial charge in [-0.15, -0.1) is 11.8 Å². The maximum Gasteiger partial charge on any atom is 0.338 e. The van der Waals surface area contributed by atoms with Gasteiger partial charge in [-0.25, -0.2) is 9.78 Å². The van der Waals surface area contributed by atoms with Crippen LogP contribution in [0.5, 0.6) is 0 Å². The first-order chi connectivity index (χ1) is 8.56. The van der Waals surface area contributed by atoms with E-state index in [1.807, 2.05) is 6.92 Å². The summed E-state index contributed by atoms with van der Waals surface area (Å²) in [7, 11) is 0. The zero-order valence-electron chi connectivity index (χ0n) is 10.8. The summed E-state index contributed by atoms with van der Waals surface area (Å²) in [6.07, 6.45) is 2.71. The normalized spacial score (nSPS) is 10.6. The maximum absolute atomic E-state index is 11.2. The highest BCUT2D eigenvalue weighted by atomic mass is 32.2. The molecule has 0 atom stereocenters. The molecule has 0 saturated heterocycles. The fraction of sp³-hybridized carbons (Fsp3) is 0.538. The quantitative estimate of drug-likeness (QED) is 0.588. The van der Waals surface area contributed by atoms with Crippen molar-refractivity contribution < 1.29 is 15.0 Å². The van der Waals surface area contributed by atoms with Crippen LogP contribution in [-0.2, 0) is 0 Å². The number of pyridine rings is 1. The van der Waals surface area contributed by atoms with Crippen LogP contribution in [0, 0.1) is 13.8 Å². The highest BCUT2D eigenvalue weighted by Crippen LogP contribution is 2.25. The molecule has 0 aliphatic carbocycles. The van der Waals surface area contributed by atoms with E-state index in [-0.39, 0.29) is 6.61 Å². The van der Waals surface area contributed by atoms with E-state index in [4.69, 9.17) is 5.11 Å². The minimum absolute atomic E-state index is 0.215. The van der Waals surface area contributed by atoms with Gasteiger partial charge in [-0.1, -0.05) is 6.42 Å². The van der Waals surface area contributed by atoms with Gasteiger partial charge in [0.25, 0.3) is 0 Å². The van der Waals surface area contributed by atoms with Crippen molar-refractivity contribution in [3.05, 3.63) is 22.9 Å². The number of aromatic nitrogens is 1. The highest BCUT2D eigenvalue weighted by Gasteiger charge is 2.15. The molecule has 1 aromatic heterocycles. The number of hydrogen-bond acceptors (Lipinski definition) is 4. The minimum Gasteiger partial charge on any atom is -0.478 e. The third-order valence-corrected chi connectivity index (χ3v) is 3.63. The second-order valence-corrected chi connectivity index (χ2v) is 5.28. The third-order valence-electron chi connectivity index (χ3n) is 2.57. The molecule has 0 bridgehead atoms. The van der Waals surface area contributed by atoms with Gasteiger partial charge in [0.15, 0.2) is 0 Å². The van der Waals surface area contributed by atoms with E-state index in [1.165, 1.54) is 11.8 Å². The molecule has 1 aromatic rings. The molecule has 0 fully saturated rings. The molecule has 2 N–H and O–H groups in total. The lowest BCUT2D eigenvalue weighted by Crippen LogP contribution is -2.05. The molecule has 0 aliphatic rings. The molecule has 0 saturated carbocycles. The fourth-order valence-electron chi connectivity index (χ4n) is 1.73.